The number of alkyl halides is 1. The lowest BCUT2D eigenvalue weighted by atomic mass is 10.1. The Bertz CT molecular complexity index is 368. The molecule has 16 heavy (non-hydrogen) atoms. The maximum atomic E-state index is 14.0. The average Bonchev–Trinajstić information content (AvgIpc) is 2.28. The predicted octanol–water partition coefficient (Wildman–Crippen LogP) is 2.63. The third-order valence-electron chi connectivity index (χ3n) is 2.73. The number of halogens is 2. The maximum Gasteiger partial charge on any atom is 0.187 e. The first-order valence-corrected chi connectivity index (χ1v) is 5.76. The van der Waals surface area contributed by atoms with E-state index in [0.717, 1.165) is 0 Å². The highest BCUT2D eigenvalue weighted by Crippen LogP contribution is 2.24. The second-order valence-corrected chi connectivity index (χ2v) is 4.58. The molecule has 1 aromatic heterocycles. The van der Waals surface area contributed by atoms with Crippen LogP contribution in [0, 0.1) is 5.82 Å². The number of hydrogen-bond acceptors (Lipinski definition) is 3. The monoisotopic (exact) mass is 245 g/mol. The fourth-order valence-corrected chi connectivity index (χ4v) is 1.43. The molecule has 0 unspecified atom stereocenters. The Balaban J connectivity index is 3.14. The highest BCUT2D eigenvalue weighted by molar-refractivity contribution is 6.18. The highest BCUT2D eigenvalue weighted by Gasteiger charge is 2.26. The van der Waals surface area contributed by atoms with Crippen molar-refractivity contribution in [2.45, 2.75) is 32.7 Å². The van der Waals surface area contributed by atoms with Gasteiger partial charge in [0.15, 0.2) is 11.6 Å². The van der Waals surface area contributed by atoms with E-state index in [1.165, 1.54) is 6.33 Å². The second-order valence-electron chi connectivity index (χ2n) is 4.32. The van der Waals surface area contributed by atoms with Crippen LogP contribution in [-0.4, -0.2) is 28.4 Å². The molecule has 1 heterocycles. The normalized spacial score (nSPS) is 11.6. The number of aryl methyl sites for hydroxylation is 1. The van der Waals surface area contributed by atoms with Crippen LogP contribution in [0.4, 0.5) is 10.2 Å². The zero-order chi connectivity index (χ0) is 12.3. The summed E-state index contributed by atoms with van der Waals surface area (Å²) in [7, 11) is 1.78. The number of hydrogen-bond donors (Lipinski definition) is 0. The molecule has 0 atom stereocenters. The van der Waals surface area contributed by atoms with E-state index >= 15 is 0 Å². The number of anilines is 1. The molecule has 0 saturated heterocycles. The number of aromatic nitrogens is 2. The van der Waals surface area contributed by atoms with Crippen LogP contribution in [0.3, 0.4) is 0 Å². The SMILES string of the molecule is CCc1ncnc(N(C)C(C)(C)CCl)c1F. The summed E-state index contributed by atoms with van der Waals surface area (Å²) in [4.78, 5) is 9.63. The summed E-state index contributed by atoms with van der Waals surface area (Å²) in [6, 6.07) is 0. The molecule has 0 amide bonds. The minimum atomic E-state index is -0.356. The quantitative estimate of drug-likeness (QED) is 0.764. The summed E-state index contributed by atoms with van der Waals surface area (Å²) < 4.78 is 14.0. The van der Waals surface area contributed by atoms with Crippen molar-refractivity contribution in [1.29, 1.82) is 0 Å². The third-order valence-corrected chi connectivity index (χ3v) is 3.38. The zero-order valence-corrected chi connectivity index (χ0v) is 10.8. The molecule has 0 spiro atoms. The van der Waals surface area contributed by atoms with Crippen molar-refractivity contribution < 1.29 is 4.39 Å². The van der Waals surface area contributed by atoms with Gasteiger partial charge >= 0.3 is 0 Å². The van der Waals surface area contributed by atoms with E-state index in [4.69, 9.17) is 11.6 Å². The Morgan fingerprint density at radius 2 is 2.06 bits per heavy atom. The van der Waals surface area contributed by atoms with Gasteiger partial charge in [-0.2, -0.15) is 0 Å². The molecule has 0 N–H and O–H groups in total. The van der Waals surface area contributed by atoms with Gasteiger partial charge in [0.25, 0.3) is 0 Å². The zero-order valence-electron chi connectivity index (χ0n) is 10.1. The van der Waals surface area contributed by atoms with Crippen molar-refractivity contribution in [3.05, 3.63) is 17.8 Å². The van der Waals surface area contributed by atoms with Crippen LogP contribution < -0.4 is 4.90 Å². The van der Waals surface area contributed by atoms with Crippen LogP contribution in [0.25, 0.3) is 0 Å². The van der Waals surface area contributed by atoms with Crippen molar-refractivity contribution in [3.63, 3.8) is 0 Å². The summed E-state index contributed by atoms with van der Waals surface area (Å²) in [5.41, 5.74) is 0.0871. The first kappa shape index (κ1) is 13.2. The van der Waals surface area contributed by atoms with Crippen LogP contribution in [0.15, 0.2) is 6.33 Å². The summed E-state index contributed by atoms with van der Waals surface area (Å²) in [5.74, 6) is 0.345. The van der Waals surface area contributed by atoms with Gasteiger partial charge in [-0.1, -0.05) is 6.92 Å². The maximum absolute atomic E-state index is 14.0. The van der Waals surface area contributed by atoms with Crippen molar-refractivity contribution in [2.24, 2.45) is 0 Å². The van der Waals surface area contributed by atoms with Crippen LogP contribution in [0.5, 0.6) is 0 Å². The van der Waals surface area contributed by atoms with Gasteiger partial charge in [-0.05, 0) is 20.3 Å². The molecule has 1 aromatic rings. The van der Waals surface area contributed by atoms with E-state index in [9.17, 15) is 4.39 Å². The molecule has 3 nitrogen and oxygen atoms in total. The fourth-order valence-electron chi connectivity index (χ4n) is 1.25. The Morgan fingerprint density at radius 1 is 1.44 bits per heavy atom. The van der Waals surface area contributed by atoms with E-state index in [0.29, 0.717) is 23.8 Å². The Kier molecular flexibility index (Phi) is 4.08. The molecule has 0 aliphatic carbocycles. The minimum absolute atomic E-state index is 0.303. The van der Waals surface area contributed by atoms with E-state index in [1.54, 1.807) is 11.9 Å². The molecule has 1 rings (SSSR count). The van der Waals surface area contributed by atoms with Gasteiger partial charge in [0.05, 0.1) is 5.69 Å². The first-order chi connectivity index (χ1) is 7.44. The van der Waals surface area contributed by atoms with Crippen molar-refractivity contribution >= 4 is 17.4 Å². The Morgan fingerprint density at radius 3 is 2.56 bits per heavy atom. The van der Waals surface area contributed by atoms with Gasteiger partial charge in [-0.25, -0.2) is 14.4 Å². The van der Waals surface area contributed by atoms with Crippen molar-refractivity contribution in [2.75, 3.05) is 17.8 Å². The summed E-state index contributed by atoms with van der Waals surface area (Å²) in [6.45, 7) is 5.74. The fraction of sp³-hybridized carbons (Fsp3) is 0.636. The molecular weight excluding hydrogens is 229 g/mol. The van der Waals surface area contributed by atoms with E-state index in [2.05, 4.69) is 9.97 Å². The highest BCUT2D eigenvalue weighted by atomic mass is 35.5. The van der Waals surface area contributed by atoms with E-state index < -0.39 is 0 Å². The smallest absolute Gasteiger partial charge is 0.187 e. The molecule has 0 radical (unpaired) electrons. The van der Waals surface area contributed by atoms with Crippen molar-refractivity contribution in [3.8, 4) is 0 Å². The number of nitrogens with zero attached hydrogens (tertiary/aromatic N) is 3. The van der Waals surface area contributed by atoms with Gasteiger partial charge in [0.2, 0.25) is 0 Å². The largest absolute Gasteiger partial charge is 0.351 e. The lowest BCUT2D eigenvalue weighted by Crippen LogP contribution is -2.44. The van der Waals surface area contributed by atoms with E-state index in [1.807, 2.05) is 20.8 Å². The summed E-state index contributed by atoms with van der Waals surface area (Å²) in [6.07, 6.45) is 1.94. The van der Waals surface area contributed by atoms with Gasteiger partial charge in [-0.15, -0.1) is 11.6 Å². The Hall–Kier alpha value is -0.900. The lowest BCUT2D eigenvalue weighted by Gasteiger charge is -2.35. The Labute approximate surface area is 101 Å². The average molecular weight is 246 g/mol. The molecule has 5 heteroatoms. The number of rotatable bonds is 4. The molecule has 0 aliphatic rings. The van der Waals surface area contributed by atoms with E-state index in [-0.39, 0.29) is 11.4 Å². The minimum Gasteiger partial charge on any atom is -0.351 e. The van der Waals surface area contributed by atoms with Gasteiger partial charge < -0.3 is 4.90 Å². The molecule has 0 bridgehead atoms. The predicted molar refractivity (Wildman–Crippen MR) is 64.6 cm³/mol. The van der Waals surface area contributed by atoms with Crippen LogP contribution in [0.2, 0.25) is 0 Å². The molecular formula is C11H17ClFN3. The lowest BCUT2D eigenvalue weighted by molar-refractivity contribution is 0.513. The van der Waals surface area contributed by atoms with Gasteiger partial charge in [0, 0.05) is 18.5 Å². The topological polar surface area (TPSA) is 29.0 Å². The van der Waals surface area contributed by atoms with Gasteiger partial charge in [0.1, 0.15) is 6.33 Å². The van der Waals surface area contributed by atoms with Crippen LogP contribution in [0.1, 0.15) is 26.5 Å². The molecule has 0 aliphatic heterocycles. The molecule has 90 valence electrons. The first-order valence-electron chi connectivity index (χ1n) is 5.23. The molecule has 0 fully saturated rings. The third kappa shape index (κ3) is 2.43. The second kappa shape index (κ2) is 4.95. The van der Waals surface area contributed by atoms with Gasteiger partial charge in [-0.3, -0.25) is 0 Å². The summed E-state index contributed by atoms with van der Waals surface area (Å²) in [5, 5.41) is 0. The molecule has 0 saturated carbocycles. The molecule has 0 aromatic carbocycles. The van der Waals surface area contributed by atoms with Crippen molar-refractivity contribution in [1.82, 2.24) is 9.97 Å². The summed E-state index contributed by atoms with van der Waals surface area (Å²) >= 11 is 5.86. The standard InChI is InChI=1S/C11H17ClFN3/c1-5-8-9(13)10(15-7-14-8)16(4)11(2,3)6-12/h7H,5-6H2,1-4H3. The van der Waals surface area contributed by atoms with Crippen LogP contribution >= 0.6 is 11.6 Å². The van der Waals surface area contributed by atoms with Crippen LogP contribution in [-0.2, 0) is 6.42 Å².